The molecule has 1 aromatic rings. The van der Waals surface area contributed by atoms with E-state index in [0.29, 0.717) is 11.3 Å². The van der Waals surface area contributed by atoms with Gasteiger partial charge >= 0.3 is 0 Å². The maximum absolute atomic E-state index is 3.52. The fourth-order valence-electron chi connectivity index (χ4n) is 2.88. The average Bonchev–Trinajstić information content (AvgIpc) is 2.68. The largest absolute Gasteiger partial charge is 0.316 e. The van der Waals surface area contributed by atoms with Gasteiger partial charge in [0.1, 0.15) is 0 Å². The zero-order valence-corrected chi connectivity index (χ0v) is 10.0. The Morgan fingerprint density at radius 3 is 2.53 bits per heavy atom. The first-order valence-corrected chi connectivity index (χ1v) is 5.93. The summed E-state index contributed by atoms with van der Waals surface area (Å²) in [5.74, 6) is 0.702. The molecule has 1 aliphatic rings. The molecular formula is C14H21N. The summed E-state index contributed by atoms with van der Waals surface area (Å²) in [4.78, 5) is 0. The molecule has 1 aliphatic heterocycles. The van der Waals surface area contributed by atoms with E-state index >= 15 is 0 Å². The topological polar surface area (TPSA) is 12.0 Å². The van der Waals surface area contributed by atoms with Crippen molar-refractivity contribution in [2.24, 2.45) is 5.92 Å². The van der Waals surface area contributed by atoms with Crippen molar-refractivity contribution in [1.82, 2.24) is 5.32 Å². The van der Waals surface area contributed by atoms with Crippen LogP contribution in [0.4, 0.5) is 0 Å². The Labute approximate surface area is 92.9 Å². The highest BCUT2D eigenvalue weighted by molar-refractivity contribution is 5.35. The van der Waals surface area contributed by atoms with E-state index in [2.05, 4.69) is 50.4 Å². The Balaban J connectivity index is 2.46. The number of hydrogen-bond acceptors (Lipinski definition) is 1. The van der Waals surface area contributed by atoms with Crippen molar-refractivity contribution in [3.8, 4) is 0 Å². The molecule has 1 heterocycles. The summed E-state index contributed by atoms with van der Waals surface area (Å²) in [5, 5.41) is 3.52. The molecule has 1 fully saturated rings. The van der Waals surface area contributed by atoms with Gasteiger partial charge in [-0.3, -0.25) is 0 Å². The molecule has 1 heteroatoms. The molecule has 1 atom stereocenters. The van der Waals surface area contributed by atoms with E-state index in [1.807, 2.05) is 0 Å². The van der Waals surface area contributed by atoms with Crippen molar-refractivity contribution in [3.63, 3.8) is 0 Å². The molecule has 0 radical (unpaired) electrons. The second-order valence-corrected chi connectivity index (χ2v) is 5.05. The smallest absolute Gasteiger partial charge is 0.0115 e. The van der Waals surface area contributed by atoms with Crippen LogP contribution in [0, 0.1) is 12.8 Å². The Kier molecular flexibility index (Phi) is 2.83. The molecule has 1 unspecified atom stereocenters. The van der Waals surface area contributed by atoms with Gasteiger partial charge in [0, 0.05) is 12.0 Å². The summed E-state index contributed by atoms with van der Waals surface area (Å²) in [7, 11) is 0. The lowest BCUT2D eigenvalue weighted by molar-refractivity contribution is 0.335. The SMILES string of the molecule is Cc1ccccc1C1(C(C)C)CCNC1. The molecule has 0 amide bonds. The highest BCUT2D eigenvalue weighted by Crippen LogP contribution is 2.39. The van der Waals surface area contributed by atoms with E-state index in [0.717, 1.165) is 13.1 Å². The zero-order valence-electron chi connectivity index (χ0n) is 10.0. The average molecular weight is 203 g/mol. The third-order valence-electron chi connectivity index (χ3n) is 3.97. The van der Waals surface area contributed by atoms with Gasteiger partial charge < -0.3 is 5.32 Å². The number of aryl methyl sites for hydroxylation is 1. The first-order chi connectivity index (χ1) is 7.17. The van der Waals surface area contributed by atoms with Crippen molar-refractivity contribution in [2.45, 2.75) is 32.6 Å². The molecule has 0 spiro atoms. The summed E-state index contributed by atoms with van der Waals surface area (Å²) < 4.78 is 0. The van der Waals surface area contributed by atoms with Crippen LogP contribution < -0.4 is 5.32 Å². The van der Waals surface area contributed by atoms with E-state index < -0.39 is 0 Å². The maximum atomic E-state index is 3.52. The van der Waals surface area contributed by atoms with Crippen molar-refractivity contribution in [2.75, 3.05) is 13.1 Å². The van der Waals surface area contributed by atoms with Crippen LogP contribution in [0.3, 0.4) is 0 Å². The fraction of sp³-hybridized carbons (Fsp3) is 0.571. The summed E-state index contributed by atoms with van der Waals surface area (Å²) >= 11 is 0. The van der Waals surface area contributed by atoms with Crippen LogP contribution in [0.25, 0.3) is 0 Å². The van der Waals surface area contributed by atoms with Crippen molar-refractivity contribution < 1.29 is 0 Å². The molecular weight excluding hydrogens is 182 g/mol. The van der Waals surface area contributed by atoms with Crippen LogP contribution in [0.2, 0.25) is 0 Å². The Morgan fingerprint density at radius 2 is 2.00 bits per heavy atom. The molecule has 1 saturated heterocycles. The second kappa shape index (κ2) is 3.97. The van der Waals surface area contributed by atoms with E-state index in [1.165, 1.54) is 12.0 Å². The van der Waals surface area contributed by atoms with Gasteiger partial charge in [-0.25, -0.2) is 0 Å². The minimum absolute atomic E-state index is 0.366. The lowest BCUT2D eigenvalue weighted by Crippen LogP contribution is -2.35. The molecule has 0 aromatic heterocycles. The lowest BCUT2D eigenvalue weighted by atomic mass is 9.70. The molecule has 0 saturated carbocycles. The summed E-state index contributed by atoms with van der Waals surface area (Å²) in [5.41, 5.74) is 3.35. The summed E-state index contributed by atoms with van der Waals surface area (Å²) in [6.45, 7) is 9.22. The van der Waals surface area contributed by atoms with Gasteiger partial charge in [0.25, 0.3) is 0 Å². The molecule has 82 valence electrons. The monoisotopic (exact) mass is 203 g/mol. The highest BCUT2D eigenvalue weighted by atomic mass is 14.9. The number of nitrogens with one attached hydrogen (secondary N) is 1. The van der Waals surface area contributed by atoms with Gasteiger partial charge in [-0.2, -0.15) is 0 Å². The van der Waals surface area contributed by atoms with Gasteiger partial charge in [0.2, 0.25) is 0 Å². The molecule has 1 nitrogen and oxygen atoms in total. The van der Waals surface area contributed by atoms with Crippen LogP contribution in [0.5, 0.6) is 0 Å². The predicted octanol–water partition coefficient (Wildman–Crippen LogP) is 2.88. The first-order valence-electron chi connectivity index (χ1n) is 5.93. The standard InChI is InChI=1S/C14H21N/c1-11(2)14(8-9-15-10-14)13-7-5-4-6-12(13)3/h4-7,11,15H,8-10H2,1-3H3. The quantitative estimate of drug-likeness (QED) is 0.779. The number of benzene rings is 1. The van der Waals surface area contributed by atoms with E-state index in [4.69, 9.17) is 0 Å². The molecule has 1 aromatic carbocycles. The zero-order chi connectivity index (χ0) is 10.9. The van der Waals surface area contributed by atoms with Crippen LogP contribution in [0.1, 0.15) is 31.4 Å². The highest BCUT2D eigenvalue weighted by Gasteiger charge is 2.39. The molecule has 15 heavy (non-hydrogen) atoms. The number of hydrogen-bond donors (Lipinski definition) is 1. The van der Waals surface area contributed by atoms with Gasteiger partial charge in [-0.15, -0.1) is 0 Å². The van der Waals surface area contributed by atoms with Gasteiger partial charge in [0.15, 0.2) is 0 Å². The normalized spacial score (nSPS) is 26.1. The summed E-state index contributed by atoms with van der Waals surface area (Å²) in [6, 6.07) is 8.85. The van der Waals surface area contributed by atoms with Gasteiger partial charge in [0.05, 0.1) is 0 Å². The van der Waals surface area contributed by atoms with Crippen LogP contribution >= 0.6 is 0 Å². The van der Waals surface area contributed by atoms with E-state index in [1.54, 1.807) is 5.56 Å². The first kappa shape index (κ1) is 10.7. The van der Waals surface area contributed by atoms with Crippen LogP contribution in [-0.2, 0) is 5.41 Å². The minimum Gasteiger partial charge on any atom is -0.316 e. The van der Waals surface area contributed by atoms with Crippen molar-refractivity contribution in [1.29, 1.82) is 0 Å². The van der Waals surface area contributed by atoms with Crippen molar-refractivity contribution in [3.05, 3.63) is 35.4 Å². The molecule has 0 bridgehead atoms. The Morgan fingerprint density at radius 1 is 1.27 bits per heavy atom. The van der Waals surface area contributed by atoms with E-state index in [9.17, 15) is 0 Å². The lowest BCUT2D eigenvalue weighted by Gasteiger charge is -2.34. The predicted molar refractivity (Wildman–Crippen MR) is 65.2 cm³/mol. The molecule has 1 N–H and O–H groups in total. The molecule has 2 rings (SSSR count). The third kappa shape index (κ3) is 1.69. The minimum atomic E-state index is 0.366. The fourth-order valence-corrected chi connectivity index (χ4v) is 2.88. The number of rotatable bonds is 2. The van der Waals surface area contributed by atoms with Gasteiger partial charge in [-0.05, 0) is 36.9 Å². The van der Waals surface area contributed by atoms with Gasteiger partial charge in [-0.1, -0.05) is 38.1 Å². The van der Waals surface area contributed by atoms with Crippen molar-refractivity contribution >= 4 is 0 Å². The van der Waals surface area contributed by atoms with E-state index in [-0.39, 0.29) is 0 Å². The third-order valence-corrected chi connectivity index (χ3v) is 3.97. The second-order valence-electron chi connectivity index (χ2n) is 5.05. The molecule has 0 aliphatic carbocycles. The maximum Gasteiger partial charge on any atom is 0.0115 e. The van der Waals surface area contributed by atoms with Crippen LogP contribution in [0.15, 0.2) is 24.3 Å². The van der Waals surface area contributed by atoms with Crippen LogP contribution in [-0.4, -0.2) is 13.1 Å². The summed E-state index contributed by atoms with van der Waals surface area (Å²) in [6.07, 6.45) is 1.27. The Bertz CT molecular complexity index is 335. The Hall–Kier alpha value is -0.820.